The Kier molecular flexibility index (Phi) is 4.37. The second kappa shape index (κ2) is 6.16. The van der Waals surface area contributed by atoms with Crippen LogP contribution in [-0.2, 0) is 0 Å². The zero-order valence-electron chi connectivity index (χ0n) is 9.78. The van der Waals surface area contributed by atoms with Crippen LogP contribution in [0.4, 0.5) is 11.4 Å². The number of benzene rings is 1. The highest BCUT2D eigenvalue weighted by molar-refractivity contribution is 5.66. The standard InChI is InChI=1S/C12H4N6O2/c13-4-8-3-10(18(19)20)1-2-11(8)17-12(7-16)9(5-14)6-15/h1-3,17H. The van der Waals surface area contributed by atoms with Gasteiger partial charge in [-0.3, -0.25) is 10.1 Å². The first-order chi connectivity index (χ1) is 9.57. The van der Waals surface area contributed by atoms with Gasteiger partial charge in [-0.05, 0) is 6.07 Å². The lowest BCUT2D eigenvalue weighted by Crippen LogP contribution is -2.03. The number of allylic oxidation sites excluding steroid dienone is 2. The number of non-ortho nitro benzene ring substituents is 1. The molecule has 0 amide bonds. The Labute approximate surface area is 113 Å². The minimum Gasteiger partial charge on any atom is -0.344 e. The van der Waals surface area contributed by atoms with Crippen LogP contribution in [0.1, 0.15) is 5.56 Å². The van der Waals surface area contributed by atoms with Crippen LogP contribution in [0, 0.1) is 55.4 Å². The van der Waals surface area contributed by atoms with Gasteiger partial charge in [-0.25, -0.2) is 0 Å². The third-order valence-electron chi connectivity index (χ3n) is 2.18. The highest BCUT2D eigenvalue weighted by Gasteiger charge is 2.13. The molecule has 0 bridgehead atoms. The zero-order chi connectivity index (χ0) is 15.1. The molecule has 0 aliphatic carbocycles. The van der Waals surface area contributed by atoms with E-state index in [1.165, 1.54) is 18.2 Å². The van der Waals surface area contributed by atoms with E-state index in [-0.39, 0.29) is 22.6 Å². The van der Waals surface area contributed by atoms with Gasteiger partial charge in [-0.15, -0.1) is 0 Å². The third-order valence-corrected chi connectivity index (χ3v) is 2.18. The quantitative estimate of drug-likeness (QED) is 0.495. The summed E-state index contributed by atoms with van der Waals surface area (Å²) < 4.78 is 0. The summed E-state index contributed by atoms with van der Waals surface area (Å²) in [6.45, 7) is 0. The van der Waals surface area contributed by atoms with E-state index in [1.54, 1.807) is 12.1 Å². The molecule has 8 heteroatoms. The fourth-order valence-corrected chi connectivity index (χ4v) is 1.27. The predicted octanol–water partition coefficient (Wildman–Crippen LogP) is 1.70. The molecule has 0 saturated carbocycles. The van der Waals surface area contributed by atoms with Gasteiger partial charge in [-0.1, -0.05) is 0 Å². The largest absolute Gasteiger partial charge is 0.344 e. The number of nitrogens with zero attached hydrogens (tertiary/aromatic N) is 5. The number of nitro groups is 1. The minimum atomic E-state index is -0.665. The molecule has 0 unspecified atom stereocenters. The average Bonchev–Trinajstić information content (AvgIpc) is 2.47. The molecule has 0 spiro atoms. The van der Waals surface area contributed by atoms with Gasteiger partial charge >= 0.3 is 0 Å². The third kappa shape index (κ3) is 2.87. The summed E-state index contributed by atoms with van der Waals surface area (Å²) in [5.74, 6) is 0. The van der Waals surface area contributed by atoms with Crippen molar-refractivity contribution in [3.8, 4) is 24.3 Å². The van der Waals surface area contributed by atoms with Gasteiger partial charge in [0.2, 0.25) is 0 Å². The normalized spacial score (nSPS) is 8.20. The number of nitriles is 4. The van der Waals surface area contributed by atoms with Crippen LogP contribution in [0.5, 0.6) is 0 Å². The number of hydrogen-bond donors (Lipinski definition) is 1. The molecule has 0 fully saturated rings. The van der Waals surface area contributed by atoms with Crippen molar-refractivity contribution in [1.82, 2.24) is 0 Å². The molecule has 94 valence electrons. The van der Waals surface area contributed by atoms with E-state index < -0.39 is 10.5 Å². The summed E-state index contributed by atoms with van der Waals surface area (Å²) in [4.78, 5) is 9.92. The van der Waals surface area contributed by atoms with Crippen molar-refractivity contribution >= 4 is 11.4 Å². The highest BCUT2D eigenvalue weighted by Crippen LogP contribution is 2.23. The molecular formula is C12H4N6O2. The summed E-state index contributed by atoms with van der Waals surface area (Å²) in [7, 11) is 0. The van der Waals surface area contributed by atoms with E-state index in [4.69, 9.17) is 21.0 Å². The van der Waals surface area contributed by atoms with Crippen LogP contribution in [0.25, 0.3) is 0 Å². The van der Waals surface area contributed by atoms with E-state index in [9.17, 15) is 10.1 Å². The van der Waals surface area contributed by atoms with Crippen LogP contribution >= 0.6 is 0 Å². The smallest absolute Gasteiger partial charge is 0.270 e. The van der Waals surface area contributed by atoms with Crippen molar-refractivity contribution in [3.63, 3.8) is 0 Å². The zero-order valence-corrected chi connectivity index (χ0v) is 9.78. The lowest BCUT2D eigenvalue weighted by atomic mass is 10.1. The Hall–Kier alpha value is -3.88. The number of nitrogens with one attached hydrogen (secondary N) is 1. The molecule has 0 aromatic heterocycles. The average molecular weight is 264 g/mol. The molecule has 0 saturated heterocycles. The van der Waals surface area contributed by atoms with Crippen molar-refractivity contribution in [2.75, 3.05) is 5.32 Å². The fraction of sp³-hybridized carbons (Fsp3) is 0. The van der Waals surface area contributed by atoms with Crippen molar-refractivity contribution < 1.29 is 4.92 Å². The van der Waals surface area contributed by atoms with Gasteiger partial charge < -0.3 is 5.32 Å². The first-order valence-corrected chi connectivity index (χ1v) is 4.97. The van der Waals surface area contributed by atoms with E-state index in [0.717, 1.165) is 12.1 Å². The summed E-state index contributed by atoms with van der Waals surface area (Å²) in [6.07, 6.45) is 0. The second-order valence-electron chi connectivity index (χ2n) is 3.31. The molecule has 0 radical (unpaired) electrons. The number of hydrogen-bond acceptors (Lipinski definition) is 7. The molecule has 1 N–H and O–H groups in total. The van der Waals surface area contributed by atoms with E-state index >= 15 is 0 Å². The van der Waals surface area contributed by atoms with Crippen LogP contribution < -0.4 is 5.32 Å². The Bertz CT molecular complexity index is 751. The van der Waals surface area contributed by atoms with Gasteiger partial charge in [-0.2, -0.15) is 21.0 Å². The molecule has 1 aromatic carbocycles. The van der Waals surface area contributed by atoms with Crippen LogP contribution in [0.15, 0.2) is 29.5 Å². The maximum Gasteiger partial charge on any atom is 0.270 e. The Balaban J connectivity index is 3.32. The maximum atomic E-state index is 10.6. The molecule has 0 atom stereocenters. The molecule has 8 nitrogen and oxygen atoms in total. The predicted molar refractivity (Wildman–Crippen MR) is 65.3 cm³/mol. The molecule has 1 rings (SSSR count). The number of nitro benzene ring substituents is 1. The van der Waals surface area contributed by atoms with Crippen LogP contribution in [0.2, 0.25) is 0 Å². The topological polar surface area (TPSA) is 150 Å². The number of anilines is 1. The van der Waals surface area contributed by atoms with Crippen LogP contribution in [-0.4, -0.2) is 4.92 Å². The Morgan fingerprint density at radius 3 is 2.25 bits per heavy atom. The van der Waals surface area contributed by atoms with E-state index in [0.29, 0.717) is 0 Å². The molecule has 0 aliphatic rings. The van der Waals surface area contributed by atoms with Crippen LogP contribution in [0.3, 0.4) is 0 Å². The molecule has 0 aliphatic heterocycles. The monoisotopic (exact) mass is 264 g/mol. The van der Waals surface area contributed by atoms with E-state index in [1.807, 2.05) is 0 Å². The first kappa shape index (κ1) is 14.2. The lowest BCUT2D eigenvalue weighted by molar-refractivity contribution is -0.384. The summed E-state index contributed by atoms with van der Waals surface area (Å²) in [6, 6.07) is 9.80. The molecule has 20 heavy (non-hydrogen) atoms. The number of rotatable bonds is 3. The van der Waals surface area contributed by atoms with Gasteiger partial charge in [0.15, 0.2) is 5.57 Å². The van der Waals surface area contributed by atoms with Gasteiger partial charge in [0.05, 0.1) is 16.2 Å². The van der Waals surface area contributed by atoms with Crippen molar-refractivity contribution in [1.29, 1.82) is 21.0 Å². The second-order valence-corrected chi connectivity index (χ2v) is 3.31. The fourth-order valence-electron chi connectivity index (χ4n) is 1.27. The minimum absolute atomic E-state index is 0.0813. The Morgan fingerprint density at radius 1 is 1.15 bits per heavy atom. The van der Waals surface area contributed by atoms with Gasteiger partial charge in [0.1, 0.15) is 30.0 Å². The van der Waals surface area contributed by atoms with Crippen molar-refractivity contribution in [3.05, 3.63) is 45.1 Å². The van der Waals surface area contributed by atoms with Gasteiger partial charge in [0.25, 0.3) is 5.69 Å². The highest BCUT2D eigenvalue weighted by atomic mass is 16.6. The van der Waals surface area contributed by atoms with Gasteiger partial charge in [0, 0.05) is 12.1 Å². The molecule has 0 heterocycles. The maximum absolute atomic E-state index is 10.6. The summed E-state index contributed by atoms with van der Waals surface area (Å²) in [5, 5.41) is 48.2. The van der Waals surface area contributed by atoms with Crippen molar-refractivity contribution in [2.45, 2.75) is 0 Å². The summed E-state index contributed by atoms with van der Waals surface area (Å²) >= 11 is 0. The first-order valence-electron chi connectivity index (χ1n) is 4.97. The summed E-state index contributed by atoms with van der Waals surface area (Å²) in [5.41, 5.74) is -1.05. The molecular weight excluding hydrogens is 260 g/mol. The SMILES string of the molecule is N#CC(C#N)=C(C#N)Nc1ccc([N+](=O)[O-])cc1C#N. The molecule has 1 aromatic rings. The van der Waals surface area contributed by atoms with E-state index in [2.05, 4.69) is 5.32 Å². The Morgan fingerprint density at radius 2 is 1.80 bits per heavy atom. The van der Waals surface area contributed by atoms with Crippen molar-refractivity contribution in [2.24, 2.45) is 0 Å². The lowest BCUT2D eigenvalue weighted by Gasteiger charge is -2.06.